The van der Waals surface area contributed by atoms with Crippen molar-refractivity contribution in [2.45, 2.75) is 147 Å². The van der Waals surface area contributed by atoms with Gasteiger partial charge in [0, 0.05) is 37.9 Å². The topological polar surface area (TPSA) is 258 Å². The van der Waals surface area contributed by atoms with Crippen LogP contribution in [0.3, 0.4) is 0 Å². The summed E-state index contributed by atoms with van der Waals surface area (Å²) in [5.41, 5.74) is 7.63. The van der Waals surface area contributed by atoms with E-state index in [1.165, 1.54) is 0 Å². The highest BCUT2D eigenvalue weighted by atomic mass is 16.7. The SMILES string of the molecule is CC(C)(CCCC#N)C1OCCO1.CC(C)(CCCC#N)CNC[C@@H](O)[C@H](Cc1ccccc1)NC(=O)O[C@H]1CO[C@H]2OCC[C@H]21.NC[C@@H](O)[C@H](Cc1ccccc1)NC(=O)O[C@H]1CO[C@H]2OCC[C@H]21. The molecule has 5 saturated heterocycles. The third-order valence-electron chi connectivity index (χ3n) is 13.3. The molecule has 0 saturated carbocycles. The van der Waals surface area contributed by atoms with Crippen LogP contribution in [0.25, 0.3) is 0 Å². The van der Waals surface area contributed by atoms with Gasteiger partial charge in [0.1, 0.15) is 12.2 Å². The number of benzene rings is 2. The number of fused-ring (bicyclic) bond motifs is 2. The molecule has 0 aliphatic carbocycles. The maximum atomic E-state index is 12.7. The van der Waals surface area contributed by atoms with Crippen LogP contribution in [-0.4, -0.2) is 137 Å². The lowest BCUT2D eigenvalue weighted by atomic mass is 9.86. The lowest BCUT2D eigenvalue weighted by Gasteiger charge is -2.29. The van der Waals surface area contributed by atoms with Crippen molar-refractivity contribution in [3.05, 3.63) is 71.8 Å². The average Bonchev–Trinajstić information content (AvgIpc) is 4.21. The Morgan fingerprint density at radius 1 is 0.700 bits per heavy atom. The van der Waals surface area contributed by atoms with E-state index in [2.05, 4.69) is 55.8 Å². The molecule has 0 bridgehead atoms. The Bertz CT molecular complexity index is 1910. The summed E-state index contributed by atoms with van der Waals surface area (Å²) in [6, 6.07) is 22.7. The molecule has 70 heavy (non-hydrogen) atoms. The number of carbonyl (C=O) groups is 2. The fourth-order valence-corrected chi connectivity index (χ4v) is 9.19. The zero-order valence-electron chi connectivity index (χ0n) is 41.5. The molecule has 2 aromatic rings. The van der Waals surface area contributed by atoms with Crippen LogP contribution in [0.15, 0.2) is 60.7 Å². The number of rotatable bonds is 22. The summed E-state index contributed by atoms with van der Waals surface area (Å²) in [6.45, 7) is 13.0. The van der Waals surface area contributed by atoms with Gasteiger partial charge in [0.05, 0.1) is 87.9 Å². The summed E-state index contributed by atoms with van der Waals surface area (Å²) in [7, 11) is 0. The molecule has 0 radical (unpaired) electrons. The van der Waals surface area contributed by atoms with Gasteiger partial charge in [0.25, 0.3) is 0 Å². The van der Waals surface area contributed by atoms with Gasteiger partial charge in [-0.15, -0.1) is 0 Å². The Hall–Kier alpha value is -4.44. The summed E-state index contributed by atoms with van der Waals surface area (Å²) in [5.74, 6) is 0.154. The zero-order valence-corrected chi connectivity index (χ0v) is 41.5. The van der Waals surface area contributed by atoms with Gasteiger partial charge in [0.15, 0.2) is 18.9 Å². The number of amides is 2. The van der Waals surface area contributed by atoms with E-state index in [9.17, 15) is 19.8 Å². The molecular formula is C52H78N6O12. The maximum Gasteiger partial charge on any atom is 0.407 e. The van der Waals surface area contributed by atoms with E-state index in [1.807, 2.05) is 60.7 Å². The van der Waals surface area contributed by atoms with Gasteiger partial charge < -0.3 is 69.8 Å². The van der Waals surface area contributed by atoms with Crippen LogP contribution in [0.5, 0.6) is 0 Å². The van der Waals surface area contributed by atoms with Crippen molar-refractivity contribution in [3.63, 3.8) is 0 Å². The van der Waals surface area contributed by atoms with Gasteiger partial charge in [-0.05, 0) is 67.9 Å². The average molecular weight is 979 g/mol. The first-order chi connectivity index (χ1) is 33.7. The lowest BCUT2D eigenvalue weighted by molar-refractivity contribution is -0.122. The minimum Gasteiger partial charge on any atom is -0.443 e. The minimum atomic E-state index is -0.847. The smallest absolute Gasteiger partial charge is 0.407 e. The third-order valence-corrected chi connectivity index (χ3v) is 13.3. The maximum absolute atomic E-state index is 12.7. The molecular weight excluding hydrogens is 901 g/mol. The van der Waals surface area contributed by atoms with E-state index in [-0.39, 0.29) is 60.3 Å². The van der Waals surface area contributed by atoms with Crippen LogP contribution in [-0.2, 0) is 50.7 Å². The van der Waals surface area contributed by atoms with Gasteiger partial charge in [-0.3, -0.25) is 0 Å². The lowest BCUT2D eigenvalue weighted by Crippen LogP contribution is -2.50. The van der Waals surface area contributed by atoms with E-state index in [0.29, 0.717) is 78.4 Å². The first-order valence-electron chi connectivity index (χ1n) is 24.9. The number of hydrogen-bond donors (Lipinski definition) is 6. The van der Waals surface area contributed by atoms with Crippen LogP contribution < -0.4 is 21.7 Å². The Labute approximate surface area is 414 Å². The second-order valence-corrected chi connectivity index (χ2v) is 20.1. The molecule has 388 valence electrons. The van der Waals surface area contributed by atoms with Crippen molar-refractivity contribution in [2.75, 3.05) is 59.3 Å². The zero-order chi connectivity index (χ0) is 50.4. The van der Waals surface area contributed by atoms with Crippen molar-refractivity contribution in [2.24, 2.45) is 28.4 Å². The van der Waals surface area contributed by atoms with Gasteiger partial charge >= 0.3 is 12.2 Å². The fraction of sp³-hybridized carbons (Fsp3) is 0.692. The predicted molar refractivity (Wildman–Crippen MR) is 258 cm³/mol. The summed E-state index contributed by atoms with van der Waals surface area (Å²) >= 11 is 0. The minimum absolute atomic E-state index is 0.0141. The van der Waals surface area contributed by atoms with Crippen molar-refractivity contribution in [3.8, 4) is 12.1 Å². The number of carbonyl (C=O) groups excluding carboxylic acids is 2. The van der Waals surface area contributed by atoms with E-state index >= 15 is 0 Å². The van der Waals surface area contributed by atoms with E-state index in [0.717, 1.165) is 49.7 Å². The summed E-state index contributed by atoms with van der Waals surface area (Å²) in [4.78, 5) is 24.9. The second-order valence-electron chi connectivity index (χ2n) is 20.1. The molecule has 5 aliphatic heterocycles. The number of alkyl carbamates (subject to hydrolysis) is 2. The number of aliphatic hydroxyl groups is 2. The number of hydrogen-bond acceptors (Lipinski definition) is 16. The number of nitrogens with zero attached hydrogens (tertiary/aromatic N) is 2. The van der Waals surface area contributed by atoms with Crippen LogP contribution in [0.2, 0.25) is 0 Å². The highest BCUT2D eigenvalue weighted by Crippen LogP contribution is 2.35. The van der Waals surface area contributed by atoms with Crippen molar-refractivity contribution in [1.29, 1.82) is 10.5 Å². The molecule has 5 aliphatic rings. The molecule has 18 heteroatoms. The quantitative estimate of drug-likeness (QED) is 0.0825. The molecule has 7 N–H and O–H groups in total. The first-order valence-corrected chi connectivity index (χ1v) is 24.9. The molecule has 18 nitrogen and oxygen atoms in total. The van der Waals surface area contributed by atoms with Crippen molar-refractivity contribution in [1.82, 2.24) is 16.0 Å². The Balaban J connectivity index is 0.000000215. The molecule has 0 spiro atoms. The molecule has 0 aromatic heterocycles. The first kappa shape index (κ1) is 56.5. The van der Waals surface area contributed by atoms with Gasteiger partial charge in [-0.2, -0.15) is 10.5 Å². The third kappa shape index (κ3) is 18.6. The number of unbranched alkanes of at least 4 members (excludes halogenated alkanes) is 2. The fourth-order valence-electron chi connectivity index (χ4n) is 9.19. The van der Waals surface area contributed by atoms with Crippen molar-refractivity contribution >= 4 is 12.2 Å². The standard InChI is InChI=1S/C25H37N3O5.C17H24N2O5.C10H17NO2/c1-25(2,11-6-7-12-26)17-27-15-21(29)20(14-18-8-4-3-5-9-18)28-24(30)33-22-16-32-23-19(22)10-13-31-23;18-9-14(20)13(8-11-4-2-1-3-5-11)19-17(21)24-15-10-23-16-12(15)6-7-22-16;1-10(2,5-3-4-6-11)9-12-7-8-13-9/h3-5,8-9,19-23,27,29H,6-7,10-11,13-17H2,1-2H3,(H,28,30);1-5,12-16,20H,6-10,18H2,(H,19,21);9H,3-5,7-8H2,1-2H3/t19-,20-,21+,22-,23+;12-,13-,14+,15-,16+;/m00./s1. The number of aliphatic hydroxyl groups excluding tert-OH is 2. The van der Waals surface area contributed by atoms with Gasteiger partial charge in [-0.25, -0.2) is 9.59 Å². The number of ether oxygens (including phenoxy) is 8. The molecule has 0 unspecified atom stereocenters. The Morgan fingerprint density at radius 3 is 1.64 bits per heavy atom. The number of nitrogens with one attached hydrogen (secondary N) is 3. The summed E-state index contributed by atoms with van der Waals surface area (Å²) in [5, 5.41) is 47.1. The highest BCUT2D eigenvalue weighted by Gasteiger charge is 2.45. The summed E-state index contributed by atoms with van der Waals surface area (Å²) < 4.78 is 43.9. The van der Waals surface area contributed by atoms with Crippen LogP contribution in [0.4, 0.5) is 9.59 Å². The molecule has 2 aromatic carbocycles. The van der Waals surface area contributed by atoms with Gasteiger partial charge in [0.2, 0.25) is 0 Å². The van der Waals surface area contributed by atoms with Crippen LogP contribution in [0, 0.1) is 45.3 Å². The Morgan fingerprint density at radius 2 is 1.17 bits per heavy atom. The summed E-state index contributed by atoms with van der Waals surface area (Å²) in [6.07, 6.45) is 3.42. The molecule has 2 amide bonds. The van der Waals surface area contributed by atoms with E-state index < -0.39 is 36.5 Å². The monoisotopic (exact) mass is 979 g/mol. The largest absolute Gasteiger partial charge is 0.443 e. The molecule has 5 heterocycles. The number of nitriles is 2. The Kier molecular flexibility index (Phi) is 23.5. The van der Waals surface area contributed by atoms with Crippen molar-refractivity contribution < 1.29 is 57.7 Å². The van der Waals surface area contributed by atoms with Gasteiger partial charge in [-0.1, -0.05) is 88.4 Å². The van der Waals surface area contributed by atoms with E-state index in [1.54, 1.807) is 0 Å². The number of nitrogens with two attached hydrogens (primary N) is 1. The van der Waals surface area contributed by atoms with Crippen LogP contribution >= 0.6 is 0 Å². The molecule has 5 fully saturated rings. The highest BCUT2D eigenvalue weighted by molar-refractivity contribution is 5.68. The molecule has 10 atom stereocenters. The second kappa shape index (κ2) is 29.2. The van der Waals surface area contributed by atoms with Crippen LogP contribution in [0.1, 0.15) is 90.2 Å². The van der Waals surface area contributed by atoms with E-state index in [4.69, 9.17) is 54.2 Å². The normalized spacial score (nSPS) is 24.5. The predicted octanol–water partition coefficient (Wildman–Crippen LogP) is 5.24. The molecule has 7 rings (SSSR count).